The number of pyridine rings is 1. The van der Waals surface area contributed by atoms with Crippen molar-refractivity contribution >= 4 is 39.1 Å². The third kappa shape index (κ3) is 3.42. The Hall–Kier alpha value is -2.21. The highest BCUT2D eigenvalue weighted by molar-refractivity contribution is 9.10. The van der Waals surface area contributed by atoms with Crippen molar-refractivity contribution in [2.75, 3.05) is 16.8 Å². The minimum absolute atomic E-state index is 0.0263. The Labute approximate surface area is 142 Å². The standard InChI is InChI=1S/C17H16BrN3O2/c1-11-8-14(2-3-15(11)18)21-10-12(9-16(21)22)17(23)20-13-4-6-19-7-5-13/h2-8,12H,9-10H2,1H3,(H,19,20,23). The monoisotopic (exact) mass is 373 g/mol. The number of nitrogens with zero attached hydrogens (tertiary/aromatic N) is 2. The number of carbonyl (C=O) groups excluding carboxylic acids is 2. The number of hydrogen-bond donors (Lipinski definition) is 1. The highest BCUT2D eigenvalue weighted by Crippen LogP contribution is 2.29. The Morgan fingerprint density at radius 3 is 2.74 bits per heavy atom. The summed E-state index contributed by atoms with van der Waals surface area (Å²) in [6.07, 6.45) is 3.46. The maximum atomic E-state index is 12.3. The van der Waals surface area contributed by atoms with Crippen LogP contribution in [0.15, 0.2) is 47.2 Å². The lowest BCUT2D eigenvalue weighted by Gasteiger charge is -2.17. The fourth-order valence-electron chi connectivity index (χ4n) is 2.61. The minimum atomic E-state index is -0.348. The molecule has 1 aromatic heterocycles. The Bertz CT molecular complexity index is 749. The van der Waals surface area contributed by atoms with Gasteiger partial charge in [0.15, 0.2) is 0 Å². The first-order valence-electron chi connectivity index (χ1n) is 7.32. The molecule has 2 amide bonds. The molecular weight excluding hydrogens is 358 g/mol. The van der Waals surface area contributed by atoms with Crippen LogP contribution in [0.1, 0.15) is 12.0 Å². The predicted molar refractivity (Wildman–Crippen MR) is 92.2 cm³/mol. The first kappa shape index (κ1) is 15.7. The first-order chi connectivity index (χ1) is 11.0. The molecule has 3 rings (SSSR count). The summed E-state index contributed by atoms with van der Waals surface area (Å²) in [4.78, 5) is 30.2. The van der Waals surface area contributed by atoms with Gasteiger partial charge in [-0.15, -0.1) is 0 Å². The Morgan fingerprint density at radius 2 is 2.04 bits per heavy atom. The molecule has 1 aromatic carbocycles. The van der Waals surface area contributed by atoms with Gasteiger partial charge >= 0.3 is 0 Å². The highest BCUT2D eigenvalue weighted by Gasteiger charge is 2.35. The van der Waals surface area contributed by atoms with Crippen molar-refractivity contribution in [2.24, 2.45) is 5.92 Å². The van der Waals surface area contributed by atoms with Gasteiger partial charge in [-0.3, -0.25) is 14.6 Å². The van der Waals surface area contributed by atoms with Crippen LogP contribution in [0.2, 0.25) is 0 Å². The predicted octanol–water partition coefficient (Wildman–Crippen LogP) is 3.14. The van der Waals surface area contributed by atoms with E-state index >= 15 is 0 Å². The van der Waals surface area contributed by atoms with Crippen molar-refractivity contribution in [3.8, 4) is 0 Å². The molecule has 1 aliphatic rings. The maximum absolute atomic E-state index is 12.3. The van der Waals surface area contributed by atoms with E-state index in [0.29, 0.717) is 12.2 Å². The van der Waals surface area contributed by atoms with Crippen LogP contribution in [0.4, 0.5) is 11.4 Å². The molecule has 2 heterocycles. The maximum Gasteiger partial charge on any atom is 0.229 e. The first-order valence-corrected chi connectivity index (χ1v) is 8.11. The summed E-state index contributed by atoms with van der Waals surface area (Å²) in [5.41, 5.74) is 2.57. The molecule has 23 heavy (non-hydrogen) atoms. The zero-order valence-electron chi connectivity index (χ0n) is 12.6. The second kappa shape index (κ2) is 6.50. The molecule has 0 saturated carbocycles. The number of amides is 2. The van der Waals surface area contributed by atoms with E-state index in [4.69, 9.17) is 0 Å². The van der Waals surface area contributed by atoms with Crippen molar-refractivity contribution in [1.29, 1.82) is 0 Å². The average molecular weight is 374 g/mol. The SMILES string of the molecule is Cc1cc(N2CC(C(=O)Nc3ccncc3)CC2=O)ccc1Br. The van der Waals surface area contributed by atoms with Gasteiger partial charge in [-0.05, 0) is 42.8 Å². The van der Waals surface area contributed by atoms with Crippen molar-refractivity contribution < 1.29 is 9.59 Å². The number of halogens is 1. The molecule has 0 bridgehead atoms. The number of nitrogens with one attached hydrogen (secondary N) is 1. The largest absolute Gasteiger partial charge is 0.326 e. The van der Waals surface area contributed by atoms with E-state index in [2.05, 4.69) is 26.2 Å². The summed E-state index contributed by atoms with van der Waals surface area (Å²) in [6, 6.07) is 9.21. The zero-order valence-corrected chi connectivity index (χ0v) is 14.2. The van der Waals surface area contributed by atoms with Crippen molar-refractivity contribution in [1.82, 2.24) is 4.98 Å². The molecule has 0 aliphatic carbocycles. The van der Waals surface area contributed by atoms with E-state index in [1.165, 1.54) is 0 Å². The van der Waals surface area contributed by atoms with Crippen LogP contribution in [0.5, 0.6) is 0 Å². The van der Waals surface area contributed by atoms with Crippen LogP contribution in [-0.4, -0.2) is 23.3 Å². The van der Waals surface area contributed by atoms with E-state index in [-0.39, 0.29) is 24.2 Å². The van der Waals surface area contributed by atoms with Crippen LogP contribution >= 0.6 is 15.9 Å². The van der Waals surface area contributed by atoms with E-state index in [0.717, 1.165) is 15.7 Å². The van der Waals surface area contributed by atoms with Crippen molar-refractivity contribution in [2.45, 2.75) is 13.3 Å². The van der Waals surface area contributed by atoms with E-state index in [9.17, 15) is 9.59 Å². The number of rotatable bonds is 3. The van der Waals surface area contributed by atoms with Gasteiger partial charge in [-0.1, -0.05) is 15.9 Å². The topological polar surface area (TPSA) is 62.3 Å². The van der Waals surface area contributed by atoms with Crippen molar-refractivity contribution in [3.63, 3.8) is 0 Å². The summed E-state index contributed by atoms with van der Waals surface area (Å²) in [5, 5.41) is 2.83. The molecule has 5 nitrogen and oxygen atoms in total. The van der Waals surface area contributed by atoms with Gasteiger partial charge in [-0.2, -0.15) is 0 Å². The van der Waals surface area contributed by atoms with Gasteiger partial charge in [0.1, 0.15) is 0 Å². The molecule has 1 atom stereocenters. The Balaban J connectivity index is 1.71. The van der Waals surface area contributed by atoms with Gasteiger partial charge in [0, 0.05) is 41.2 Å². The van der Waals surface area contributed by atoms with E-state index in [1.807, 2.05) is 25.1 Å². The molecule has 0 spiro atoms. The molecule has 2 aromatic rings. The van der Waals surface area contributed by atoms with E-state index < -0.39 is 0 Å². The van der Waals surface area contributed by atoms with Crippen LogP contribution in [0.3, 0.4) is 0 Å². The Kier molecular flexibility index (Phi) is 4.43. The van der Waals surface area contributed by atoms with Crippen LogP contribution in [-0.2, 0) is 9.59 Å². The average Bonchev–Trinajstić information content (AvgIpc) is 2.93. The number of carbonyl (C=O) groups is 2. The van der Waals surface area contributed by atoms with Gasteiger partial charge in [0.2, 0.25) is 11.8 Å². The molecule has 6 heteroatoms. The molecule has 1 aliphatic heterocycles. The molecule has 0 radical (unpaired) electrons. The van der Waals surface area contributed by atoms with Crippen LogP contribution in [0, 0.1) is 12.8 Å². The highest BCUT2D eigenvalue weighted by atomic mass is 79.9. The molecule has 1 N–H and O–H groups in total. The fraction of sp³-hybridized carbons (Fsp3) is 0.235. The number of benzene rings is 1. The minimum Gasteiger partial charge on any atom is -0.326 e. The lowest BCUT2D eigenvalue weighted by atomic mass is 10.1. The van der Waals surface area contributed by atoms with Gasteiger partial charge in [0.25, 0.3) is 0 Å². The molecular formula is C17H16BrN3O2. The summed E-state index contributed by atoms with van der Waals surface area (Å²) in [7, 11) is 0. The molecule has 118 valence electrons. The number of aryl methyl sites for hydroxylation is 1. The second-order valence-corrected chi connectivity index (χ2v) is 6.42. The van der Waals surface area contributed by atoms with E-state index in [1.54, 1.807) is 29.4 Å². The number of hydrogen-bond acceptors (Lipinski definition) is 3. The lowest BCUT2D eigenvalue weighted by molar-refractivity contribution is -0.122. The lowest BCUT2D eigenvalue weighted by Crippen LogP contribution is -2.28. The van der Waals surface area contributed by atoms with Crippen molar-refractivity contribution in [3.05, 3.63) is 52.8 Å². The van der Waals surface area contributed by atoms with Gasteiger partial charge in [0.05, 0.1) is 5.92 Å². The molecule has 1 unspecified atom stereocenters. The van der Waals surface area contributed by atoms with Gasteiger partial charge in [-0.25, -0.2) is 0 Å². The summed E-state index contributed by atoms with van der Waals surface area (Å²) in [6.45, 7) is 2.37. The summed E-state index contributed by atoms with van der Waals surface area (Å²) >= 11 is 3.45. The normalized spacial score (nSPS) is 17.4. The third-order valence-corrected chi connectivity index (χ3v) is 4.79. The molecule has 1 saturated heterocycles. The summed E-state index contributed by atoms with van der Waals surface area (Å²) < 4.78 is 1.000. The number of aromatic nitrogens is 1. The third-order valence-electron chi connectivity index (χ3n) is 3.90. The zero-order chi connectivity index (χ0) is 16.4. The van der Waals surface area contributed by atoms with Gasteiger partial charge < -0.3 is 10.2 Å². The number of anilines is 2. The smallest absolute Gasteiger partial charge is 0.229 e. The Morgan fingerprint density at radius 1 is 1.30 bits per heavy atom. The second-order valence-electron chi connectivity index (χ2n) is 5.56. The van der Waals surface area contributed by atoms with Crippen LogP contribution < -0.4 is 10.2 Å². The fourth-order valence-corrected chi connectivity index (χ4v) is 2.86. The quantitative estimate of drug-likeness (QED) is 0.898. The molecule has 1 fully saturated rings. The van der Waals surface area contributed by atoms with Crippen LogP contribution in [0.25, 0.3) is 0 Å². The summed E-state index contributed by atoms with van der Waals surface area (Å²) in [5.74, 6) is -0.512.